The van der Waals surface area contributed by atoms with Gasteiger partial charge < -0.3 is 14.5 Å². The minimum Gasteiger partial charge on any atom is -0.489 e. The summed E-state index contributed by atoms with van der Waals surface area (Å²) in [6.45, 7) is 0.511. The lowest BCUT2D eigenvalue weighted by atomic mass is 10.2. The zero-order valence-electron chi connectivity index (χ0n) is 11.9. The Morgan fingerprint density at radius 2 is 1.95 bits per heavy atom. The van der Waals surface area contributed by atoms with Gasteiger partial charge in [0, 0.05) is 8.96 Å². The highest BCUT2D eigenvalue weighted by atomic mass is 127. The molecule has 1 N–H and O–H groups in total. The van der Waals surface area contributed by atoms with E-state index in [1.54, 1.807) is 6.07 Å². The predicted octanol–water partition coefficient (Wildman–Crippen LogP) is 4.14. The van der Waals surface area contributed by atoms with Crippen molar-refractivity contribution in [3.63, 3.8) is 0 Å². The largest absolute Gasteiger partial charge is 0.489 e. The summed E-state index contributed by atoms with van der Waals surface area (Å²) < 4.78 is 11.6. The fourth-order valence-electron chi connectivity index (χ4n) is 2.22. The van der Waals surface area contributed by atoms with E-state index in [1.807, 2.05) is 42.5 Å². The van der Waals surface area contributed by atoms with Gasteiger partial charge in [0.1, 0.15) is 18.1 Å². The maximum Gasteiger partial charge on any atom is 0.354 e. The number of fused-ring (bicyclic) bond motifs is 1. The van der Waals surface area contributed by atoms with Crippen LogP contribution in [0.15, 0.2) is 48.5 Å². The van der Waals surface area contributed by atoms with Crippen LogP contribution in [0.5, 0.6) is 5.75 Å². The molecule has 0 saturated carbocycles. The first-order valence-corrected chi connectivity index (χ1v) is 7.82. The quantitative estimate of drug-likeness (QED) is 0.523. The van der Waals surface area contributed by atoms with E-state index in [0.717, 1.165) is 25.8 Å². The highest BCUT2D eigenvalue weighted by Gasteiger charge is 2.12. The number of hydrogen-bond acceptors (Lipinski definition) is 3. The molecule has 2 aromatic carbocycles. The van der Waals surface area contributed by atoms with Crippen LogP contribution in [0.3, 0.4) is 0 Å². The molecular formula is C17H14INO3. The third-order valence-corrected chi connectivity index (χ3v) is 4.16. The lowest BCUT2D eigenvalue weighted by molar-refractivity contribution is 0.0595. The number of carbonyl (C=O) groups excluding carboxylic acids is 1. The maximum atomic E-state index is 11.6. The molecule has 112 valence electrons. The van der Waals surface area contributed by atoms with E-state index in [9.17, 15) is 4.79 Å². The van der Waals surface area contributed by atoms with Gasteiger partial charge in [0.15, 0.2) is 0 Å². The van der Waals surface area contributed by atoms with Crippen LogP contribution in [-0.4, -0.2) is 18.1 Å². The molecule has 0 amide bonds. The second-order valence-electron chi connectivity index (χ2n) is 4.82. The van der Waals surface area contributed by atoms with E-state index in [2.05, 4.69) is 27.6 Å². The number of halogens is 1. The van der Waals surface area contributed by atoms with Crippen molar-refractivity contribution in [3.05, 3.63) is 63.4 Å². The zero-order chi connectivity index (χ0) is 15.5. The van der Waals surface area contributed by atoms with Crippen molar-refractivity contribution in [1.29, 1.82) is 0 Å². The first-order valence-electron chi connectivity index (χ1n) is 6.74. The third-order valence-electron chi connectivity index (χ3n) is 3.31. The predicted molar refractivity (Wildman–Crippen MR) is 93.1 cm³/mol. The van der Waals surface area contributed by atoms with Crippen molar-refractivity contribution >= 4 is 39.5 Å². The molecular weight excluding hydrogens is 393 g/mol. The molecule has 0 aliphatic rings. The van der Waals surface area contributed by atoms with E-state index in [0.29, 0.717) is 12.3 Å². The molecule has 0 spiro atoms. The molecule has 0 radical (unpaired) electrons. The number of carbonyl (C=O) groups is 1. The molecule has 0 fully saturated rings. The van der Waals surface area contributed by atoms with Gasteiger partial charge in [0.05, 0.1) is 12.6 Å². The van der Waals surface area contributed by atoms with Gasteiger partial charge in [-0.1, -0.05) is 30.3 Å². The van der Waals surface area contributed by atoms with Crippen LogP contribution in [0.2, 0.25) is 0 Å². The van der Waals surface area contributed by atoms with Crippen LogP contribution in [0.4, 0.5) is 0 Å². The molecule has 22 heavy (non-hydrogen) atoms. The number of benzene rings is 2. The molecule has 1 aromatic heterocycles. The highest BCUT2D eigenvalue weighted by Crippen LogP contribution is 2.28. The molecule has 3 rings (SSSR count). The van der Waals surface area contributed by atoms with Crippen LogP contribution in [-0.2, 0) is 11.3 Å². The van der Waals surface area contributed by atoms with E-state index < -0.39 is 0 Å². The van der Waals surface area contributed by atoms with Crippen molar-refractivity contribution in [2.75, 3.05) is 7.11 Å². The molecule has 5 heteroatoms. The van der Waals surface area contributed by atoms with Crippen molar-refractivity contribution < 1.29 is 14.3 Å². The number of esters is 1. The van der Waals surface area contributed by atoms with Crippen LogP contribution >= 0.6 is 22.6 Å². The van der Waals surface area contributed by atoms with Crippen molar-refractivity contribution in [3.8, 4) is 5.75 Å². The van der Waals surface area contributed by atoms with Crippen molar-refractivity contribution in [1.82, 2.24) is 4.98 Å². The summed E-state index contributed by atoms with van der Waals surface area (Å²) >= 11 is 2.22. The molecule has 0 atom stereocenters. The Morgan fingerprint density at radius 1 is 1.18 bits per heavy atom. The van der Waals surface area contributed by atoms with Gasteiger partial charge in [-0.3, -0.25) is 0 Å². The number of aromatic amines is 1. The average molecular weight is 407 g/mol. The molecule has 0 bridgehead atoms. The summed E-state index contributed by atoms with van der Waals surface area (Å²) in [5.74, 6) is 0.398. The fraction of sp³-hybridized carbons (Fsp3) is 0.118. The first-order chi connectivity index (χ1) is 10.7. The number of rotatable bonds is 4. The van der Waals surface area contributed by atoms with E-state index in [-0.39, 0.29) is 5.97 Å². The fourth-order valence-corrected chi connectivity index (χ4v) is 2.97. The minimum atomic E-state index is -0.376. The summed E-state index contributed by atoms with van der Waals surface area (Å²) in [6, 6.07) is 15.6. The Hall–Kier alpha value is -2.02. The van der Waals surface area contributed by atoms with Gasteiger partial charge >= 0.3 is 5.97 Å². The van der Waals surface area contributed by atoms with Gasteiger partial charge in [-0.05, 0) is 46.4 Å². The topological polar surface area (TPSA) is 51.3 Å². The van der Waals surface area contributed by atoms with Gasteiger partial charge in [0.25, 0.3) is 0 Å². The first kappa shape index (κ1) is 14.9. The van der Waals surface area contributed by atoms with Gasteiger partial charge in [0.2, 0.25) is 0 Å². The molecule has 0 aliphatic carbocycles. The standard InChI is InChI=1S/C17H14INO3/c1-21-17(20)15-8-12-7-13(9-14(18)16(12)19-15)22-10-11-5-3-2-4-6-11/h2-9,19H,10H2,1H3. The van der Waals surface area contributed by atoms with Crippen molar-refractivity contribution in [2.45, 2.75) is 6.61 Å². The number of nitrogens with one attached hydrogen (secondary N) is 1. The maximum absolute atomic E-state index is 11.6. The molecule has 0 saturated heterocycles. The summed E-state index contributed by atoms with van der Waals surface area (Å²) in [5, 5.41) is 0.926. The Labute approximate surface area is 141 Å². The van der Waals surface area contributed by atoms with Gasteiger partial charge in [-0.15, -0.1) is 0 Å². The molecule has 1 heterocycles. The number of hydrogen-bond donors (Lipinski definition) is 1. The zero-order valence-corrected chi connectivity index (χ0v) is 14.1. The summed E-state index contributed by atoms with van der Waals surface area (Å²) in [4.78, 5) is 14.7. The number of ether oxygens (including phenoxy) is 2. The smallest absolute Gasteiger partial charge is 0.354 e. The Morgan fingerprint density at radius 3 is 2.68 bits per heavy atom. The second-order valence-corrected chi connectivity index (χ2v) is 5.98. The molecule has 0 unspecified atom stereocenters. The van der Waals surface area contributed by atoms with Crippen LogP contribution in [0.1, 0.15) is 16.1 Å². The number of methoxy groups -OCH3 is 1. The highest BCUT2D eigenvalue weighted by molar-refractivity contribution is 14.1. The number of aromatic nitrogens is 1. The Balaban J connectivity index is 1.86. The van der Waals surface area contributed by atoms with Crippen LogP contribution < -0.4 is 4.74 Å². The second kappa shape index (κ2) is 6.39. The third kappa shape index (κ3) is 3.09. The normalized spacial score (nSPS) is 10.6. The van der Waals surface area contributed by atoms with E-state index >= 15 is 0 Å². The molecule has 4 nitrogen and oxygen atoms in total. The van der Waals surface area contributed by atoms with E-state index in [1.165, 1.54) is 7.11 Å². The van der Waals surface area contributed by atoms with Crippen LogP contribution in [0, 0.1) is 3.57 Å². The summed E-state index contributed by atoms with van der Waals surface area (Å²) in [7, 11) is 1.37. The van der Waals surface area contributed by atoms with E-state index in [4.69, 9.17) is 9.47 Å². The Kier molecular flexibility index (Phi) is 4.33. The molecule has 3 aromatic rings. The lowest BCUT2D eigenvalue weighted by Crippen LogP contribution is -2.00. The van der Waals surface area contributed by atoms with Gasteiger partial charge in [-0.25, -0.2) is 4.79 Å². The number of H-pyrrole nitrogens is 1. The Bertz CT molecular complexity index is 811. The van der Waals surface area contributed by atoms with Gasteiger partial charge in [-0.2, -0.15) is 0 Å². The average Bonchev–Trinajstić information content (AvgIpc) is 2.98. The monoisotopic (exact) mass is 407 g/mol. The molecule has 0 aliphatic heterocycles. The van der Waals surface area contributed by atoms with Crippen molar-refractivity contribution in [2.24, 2.45) is 0 Å². The summed E-state index contributed by atoms with van der Waals surface area (Å²) in [6.07, 6.45) is 0. The summed E-state index contributed by atoms with van der Waals surface area (Å²) in [5.41, 5.74) is 2.46. The lowest BCUT2D eigenvalue weighted by Gasteiger charge is -2.07. The minimum absolute atomic E-state index is 0.376. The SMILES string of the molecule is COC(=O)c1cc2cc(OCc3ccccc3)cc(I)c2[nH]1. The van der Waals surface area contributed by atoms with Crippen LogP contribution in [0.25, 0.3) is 10.9 Å².